The van der Waals surface area contributed by atoms with Gasteiger partial charge in [0.2, 0.25) is 0 Å². The number of hydrogen-bond acceptors (Lipinski definition) is 5. The Morgan fingerprint density at radius 2 is 2.22 bits per heavy atom. The molecule has 0 saturated heterocycles. The normalized spacial score (nSPS) is 12.1. The lowest BCUT2D eigenvalue weighted by Crippen LogP contribution is -2.07. The lowest BCUT2D eigenvalue weighted by molar-refractivity contribution is -0.385. The third-order valence-electron chi connectivity index (χ3n) is 2.26. The van der Waals surface area contributed by atoms with Crippen molar-refractivity contribution in [2.75, 3.05) is 24.7 Å². The average molecular weight is 271 g/mol. The van der Waals surface area contributed by atoms with Gasteiger partial charge in [0, 0.05) is 18.4 Å². The molecule has 0 fully saturated rings. The van der Waals surface area contributed by atoms with E-state index < -0.39 is 4.92 Å². The first kappa shape index (κ1) is 14.8. The second kappa shape index (κ2) is 7.94. The fourth-order valence-electron chi connectivity index (χ4n) is 1.28. The molecule has 0 bridgehead atoms. The molecular formula is C12H17NO4S. The number of ether oxygens (including phenoxy) is 1. The Hall–Kier alpha value is -1.27. The van der Waals surface area contributed by atoms with E-state index in [9.17, 15) is 10.1 Å². The number of para-hydroxylation sites is 2. The second-order valence-corrected chi connectivity index (χ2v) is 5.09. The van der Waals surface area contributed by atoms with Crippen LogP contribution in [0.1, 0.15) is 6.92 Å². The molecule has 0 aliphatic rings. The van der Waals surface area contributed by atoms with Crippen LogP contribution in [0.4, 0.5) is 5.69 Å². The Kier molecular flexibility index (Phi) is 6.53. The van der Waals surface area contributed by atoms with E-state index in [0.717, 1.165) is 11.5 Å². The fraction of sp³-hybridized carbons (Fsp3) is 0.500. The Morgan fingerprint density at radius 1 is 1.50 bits per heavy atom. The van der Waals surface area contributed by atoms with E-state index in [1.54, 1.807) is 30.0 Å². The zero-order valence-corrected chi connectivity index (χ0v) is 11.1. The van der Waals surface area contributed by atoms with Gasteiger partial charge in [-0.1, -0.05) is 19.1 Å². The van der Waals surface area contributed by atoms with Gasteiger partial charge < -0.3 is 9.84 Å². The van der Waals surface area contributed by atoms with E-state index >= 15 is 0 Å². The predicted octanol–water partition coefficient (Wildman–Crippen LogP) is 2.34. The summed E-state index contributed by atoms with van der Waals surface area (Å²) in [6.45, 7) is 2.57. The summed E-state index contributed by atoms with van der Waals surface area (Å²) < 4.78 is 5.39. The maximum absolute atomic E-state index is 10.7. The van der Waals surface area contributed by atoms with Crippen LogP contribution in [0.5, 0.6) is 5.75 Å². The number of nitro benzene ring substituents is 1. The zero-order valence-electron chi connectivity index (χ0n) is 10.2. The van der Waals surface area contributed by atoms with Crippen molar-refractivity contribution in [2.45, 2.75) is 6.92 Å². The molecule has 5 nitrogen and oxygen atoms in total. The van der Waals surface area contributed by atoms with Crippen LogP contribution in [0, 0.1) is 16.0 Å². The van der Waals surface area contributed by atoms with E-state index in [1.165, 1.54) is 6.07 Å². The quantitative estimate of drug-likeness (QED) is 0.446. The lowest BCUT2D eigenvalue weighted by atomic mass is 10.2. The molecule has 0 saturated carbocycles. The van der Waals surface area contributed by atoms with E-state index in [-0.39, 0.29) is 18.2 Å². The smallest absolute Gasteiger partial charge is 0.310 e. The molecule has 1 N–H and O–H groups in total. The molecule has 1 rings (SSSR count). The maximum atomic E-state index is 10.7. The third-order valence-corrected chi connectivity index (χ3v) is 3.52. The van der Waals surface area contributed by atoms with Crippen LogP contribution in [0.3, 0.4) is 0 Å². The number of aliphatic hydroxyl groups excluding tert-OH is 1. The largest absolute Gasteiger partial charge is 0.486 e. The van der Waals surface area contributed by atoms with Gasteiger partial charge in [-0.2, -0.15) is 11.8 Å². The first-order valence-electron chi connectivity index (χ1n) is 5.70. The number of hydrogen-bond donors (Lipinski definition) is 1. The Morgan fingerprint density at radius 3 is 2.89 bits per heavy atom. The third kappa shape index (κ3) is 4.93. The van der Waals surface area contributed by atoms with Crippen molar-refractivity contribution in [1.29, 1.82) is 0 Å². The van der Waals surface area contributed by atoms with Gasteiger partial charge in [0.25, 0.3) is 0 Å². The van der Waals surface area contributed by atoms with Crippen LogP contribution < -0.4 is 4.74 Å². The van der Waals surface area contributed by atoms with Crippen molar-refractivity contribution in [3.05, 3.63) is 34.4 Å². The van der Waals surface area contributed by atoms with Crippen molar-refractivity contribution in [1.82, 2.24) is 0 Å². The molecule has 0 aromatic heterocycles. The minimum atomic E-state index is -0.448. The van der Waals surface area contributed by atoms with Gasteiger partial charge in [0.1, 0.15) is 0 Å². The van der Waals surface area contributed by atoms with E-state index in [1.807, 2.05) is 6.92 Å². The van der Waals surface area contributed by atoms with Crippen molar-refractivity contribution >= 4 is 17.4 Å². The molecule has 1 aromatic rings. The summed E-state index contributed by atoms with van der Waals surface area (Å²) in [7, 11) is 0. The summed E-state index contributed by atoms with van der Waals surface area (Å²) in [5.41, 5.74) is -0.00812. The van der Waals surface area contributed by atoms with Gasteiger partial charge in [0.05, 0.1) is 11.5 Å². The molecule has 1 unspecified atom stereocenters. The highest BCUT2D eigenvalue weighted by atomic mass is 32.2. The SMILES string of the molecule is CC(CO)CSCCOc1ccccc1[N+](=O)[O-]. The van der Waals surface area contributed by atoms with Crippen LogP contribution in [0.15, 0.2) is 24.3 Å². The van der Waals surface area contributed by atoms with Gasteiger partial charge in [0.15, 0.2) is 5.75 Å². The summed E-state index contributed by atoms with van der Waals surface area (Å²) in [4.78, 5) is 10.3. The standard InChI is InChI=1S/C12H17NO4S/c1-10(8-14)9-18-7-6-17-12-5-3-2-4-11(12)13(15)16/h2-5,10,14H,6-9H2,1H3. The summed E-state index contributed by atoms with van der Waals surface area (Å²) in [5.74, 6) is 2.17. The highest BCUT2D eigenvalue weighted by Crippen LogP contribution is 2.25. The van der Waals surface area contributed by atoms with E-state index in [0.29, 0.717) is 12.4 Å². The summed E-state index contributed by atoms with van der Waals surface area (Å²) in [6.07, 6.45) is 0. The Balaban J connectivity index is 2.33. The van der Waals surface area contributed by atoms with Gasteiger partial charge in [-0.3, -0.25) is 10.1 Å². The van der Waals surface area contributed by atoms with Crippen LogP contribution in [-0.2, 0) is 0 Å². The first-order valence-corrected chi connectivity index (χ1v) is 6.85. The number of rotatable bonds is 8. The summed E-state index contributed by atoms with van der Waals surface area (Å²) >= 11 is 1.66. The Labute approximate surface area is 110 Å². The highest BCUT2D eigenvalue weighted by Gasteiger charge is 2.13. The number of benzene rings is 1. The minimum Gasteiger partial charge on any atom is -0.486 e. The molecule has 0 spiro atoms. The molecule has 0 heterocycles. The van der Waals surface area contributed by atoms with E-state index in [2.05, 4.69) is 0 Å². The predicted molar refractivity (Wildman–Crippen MR) is 72.2 cm³/mol. The maximum Gasteiger partial charge on any atom is 0.310 e. The van der Waals surface area contributed by atoms with Crippen molar-refractivity contribution in [3.63, 3.8) is 0 Å². The molecule has 0 amide bonds. The van der Waals surface area contributed by atoms with E-state index in [4.69, 9.17) is 9.84 Å². The summed E-state index contributed by atoms with van der Waals surface area (Å²) in [5, 5.41) is 19.6. The second-order valence-electron chi connectivity index (χ2n) is 3.94. The van der Waals surface area contributed by atoms with Crippen molar-refractivity contribution in [2.24, 2.45) is 5.92 Å². The molecule has 1 atom stereocenters. The van der Waals surface area contributed by atoms with Crippen LogP contribution >= 0.6 is 11.8 Å². The lowest BCUT2D eigenvalue weighted by Gasteiger charge is -2.08. The Bertz CT molecular complexity index is 386. The number of thioether (sulfide) groups is 1. The zero-order chi connectivity index (χ0) is 13.4. The molecular weight excluding hydrogens is 254 g/mol. The molecule has 0 radical (unpaired) electrons. The molecule has 100 valence electrons. The number of nitro groups is 1. The molecule has 0 aliphatic carbocycles. The van der Waals surface area contributed by atoms with Crippen molar-refractivity contribution in [3.8, 4) is 5.75 Å². The fourth-order valence-corrected chi connectivity index (χ4v) is 2.15. The van der Waals surface area contributed by atoms with Gasteiger partial charge in [-0.05, 0) is 17.7 Å². The first-order chi connectivity index (χ1) is 8.65. The molecule has 18 heavy (non-hydrogen) atoms. The minimum absolute atomic E-state index is 0.00812. The van der Waals surface area contributed by atoms with Gasteiger partial charge in [-0.25, -0.2) is 0 Å². The topological polar surface area (TPSA) is 72.6 Å². The molecule has 1 aromatic carbocycles. The van der Waals surface area contributed by atoms with Crippen LogP contribution in [0.25, 0.3) is 0 Å². The van der Waals surface area contributed by atoms with Crippen LogP contribution in [-0.4, -0.2) is 34.7 Å². The molecule has 6 heteroatoms. The number of aliphatic hydroxyl groups is 1. The average Bonchev–Trinajstić information content (AvgIpc) is 2.38. The van der Waals surface area contributed by atoms with Gasteiger partial charge >= 0.3 is 5.69 Å². The monoisotopic (exact) mass is 271 g/mol. The van der Waals surface area contributed by atoms with Gasteiger partial charge in [-0.15, -0.1) is 0 Å². The summed E-state index contributed by atoms with van der Waals surface area (Å²) in [6, 6.07) is 6.35. The highest BCUT2D eigenvalue weighted by molar-refractivity contribution is 7.99. The van der Waals surface area contributed by atoms with Crippen molar-refractivity contribution < 1.29 is 14.8 Å². The molecule has 0 aliphatic heterocycles. The number of nitrogens with zero attached hydrogens (tertiary/aromatic N) is 1. The van der Waals surface area contributed by atoms with Crippen LogP contribution in [0.2, 0.25) is 0 Å².